The van der Waals surface area contributed by atoms with Gasteiger partial charge < -0.3 is 9.80 Å². The maximum absolute atomic E-state index is 14.1. The summed E-state index contributed by atoms with van der Waals surface area (Å²) < 4.78 is 43.6. The molecule has 1 amide bonds. The molecule has 2 atom stereocenters. The molecule has 8 nitrogen and oxygen atoms in total. The van der Waals surface area contributed by atoms with E-state index < -0.39 is 17.4 Å². The Hall–Kier alpha value is -4.25. The molecule has 4 aromatic rings. The van der Waals surface area contributed by atoms with Crippen LogP contribution in [-0.4, -0.2) is 55.5 Å². The Balaban J connectivity index is 0.00000461. The molecule has 12 heteroatoms. The third-order valence-electron chi connectivity index (χ3n) is 7.93. The summed E-state index contributed by atoms with van der Waals surface area (Å²) in [6, 6.07) is 7.81. The van der Waals surface area contributed by atoms with Crippen molar-refractivity contribution in [1.29, 1.82) is 0 Å². The molecule has 0 aliphatic carbocycles. The van der Waals surface area contributed by atoms with Gasteiger partial charge in [-0.1, -0.05) is 57.7 Å². The number of aromatic nitrogens is 4. The number of hydrogen-bond donors (Lipinski definition) is 0. The Morgan fingerprint density at radius 1 is 1.11 bits per heavy atom. The average Bonchev–Trinajstić information content (AvgIpc) is 2.97. The molecular formula is C33H36ClF3N6O2. The normalized spacial score (nSPS) is 17.0. The fraction of sp³-hybridized carbons (Fsp3) is 0.364. The highest BCUT2D eigenvalue weighted by Crippen LogP contribution is 2.41. The average molecular weight is 641 g/mol. The molecule has 0 N–H and O–H groups in total. The summed E-state index contributed by atoms with van der Waals surface area (Å²) in [7, 11) is 0. The molecule has 5 rings (SSSR count). The van der Waals surface area contributed by atoms with Crippen molar-refractivity contribution in [3.8, 4) is 16.9 Å². The number of anilines is 1. The van der Waals surface area contributed by atoms with Crippen molar-refractivity contribution in [1.82, 2.24) is 24.4 Å². The van der Waals surface area contributed by atoms with E-state index in [1.165, 1.54) is 34.9 Å². The SMILES string of the molecule is C.C=CC(=O)N1C[C@H](C)N(c2nc(=O)n(-c3c(C)ccnc3C(C)C)c3nc(-c4ccccc4C(F)(F)F)c(Cl)cc23)C[C@H]1C. The molecule has 1 fully saturated rings. The van der Waals surface area contributed by atoms with Crippen LogP contribution >= 0.6 is 11.6 Å². The number of pyridine rings is 2. The van der Waals surface area contributed by atoms with Crippen LogP contribution in [-0.2, 0) is 11.0 Å². The number of aryl methyl sites for hydroxylation is 1. The van der Waals surface area contributed by atoms with Crippen LogP contribution in [0.4, 0.5) is 19.0 Å². The van der Waals surface area contributed by atoms with E-state index in [4.69, 9.17) is 16.6 Å². The van der Waals surface area contributed by atoms with E-state index in [0.29, 0.717) is 35.4 Å². The minimum Gasteiger partial charge on any atom is -0.349 e. The van der Waals surface area contributed by atoms with Gasteiger partial charge in [0.15, 0.2) is 5.65 Å². The van der Waals surface area contributed by atoms with Gasteiger partial charge in [-0.2, -0.15) is 18.2 Å². The Kier molecular flexibility index (Phi) is 9.44. The molecule has 45 heavy (non-hydrogen) atoms. The van der Waals surface area contributed by atoms with Crippen molar-refractivity contribution in [3.63, 3.8) is 0 Å². The second-order valence-corrected chi connectivity index (χ2v) is 11.8. The predicted molar refractivity (Wildman–Crippen MR) is 172 cm³/mol. The number of hydrogen-bond acceptors (Lipinski definition) is 6. The molecule has 3 aromatic heterocycles. The molecule has 0 unspecified atom stereocenters. The maximum atomic E-state index is 14.1. The number of amides is 1. The summed E-state index contributed by atoms with van der Waals surface area (Å²) in [6.07, 6.45) is -1.76. The lowest BCUT2D eigenvalue weighted by Crippen LogP contribution is -2.58. The molecular weight excluding hydrogens is 605 g/mol. The quantitative estimate of drug-likeness (QED) is 0.215. The minimum absolute atomic E-state index is 0. The number of carbonyl (C=O) groups excluding carboxylic acids is 1. The van der Waals surface area contributed by atoms with Crippen LogP contribution in [0.25, 0.3) is 28.0 Å². The van der Waals surface area contributed by atoms with Gasteiger partial charge in [-0.3, -0.25) is 9.78 Å². The van der Waals surface area contributed by atoms with Gasteiger partial charge in [-0.15, -0.1) is 0 Å². The third kappa shape index (κ3) is 6.05. The lowest BCUT2D eigenvalue weighted by atomic mass is 10.0. The van der Waals surface area contributed by atoms with E-state index in [9.17, 15) is 22.8 Å². The van der Waals surface area contributed by atoms with Crippen molar-refractivity contribution in [3.05, 3.63) is 87.6 Å². The number of fused-ring (bicyclic) bond motifs is 1. The highest BCUT2D eigenvalue weighted by atomic mass is 35.5. The van der Waals surface area contributed by atoms with Gasteiger partial charge in [-0.05, 0) is 56.5 Å². The highest BCUT2D eigenvalue weighted by Gasteiger charge is 2.36. The molecule has 0 radical (unpaired) electrons. The van der Waals surface area contributed by atoms with Gasteiger partial charge in [0.05, 0.1) is 33.0 Å². The second-order valence-electron chi connectivity index (χ2n) is 11.3. The zero-order valence-corrected chi connectivity index (χ0v) is 25.7. The molecule has 1 aromatic carbocycles. The van der Waals surface area contributed by atoms with Gasteiger partial charge in [0.2, 0.25) is 5.91 Å². The van der Waals surface area contributed by atoms with Crippen LogP contribution in [0.5, 0.6) is 0 Å². The van der Waals surface area contributed by atoms with Gasteiger partial charge in [0, 0.05) is 36.9 Å². The van der Waals surface area contributed by atoms with E-state index >= 15 is 0 Å². The second kappa shape index (κ2) is 12.6. The van der Waals surface area contributed by atoms with Crippen LogP contribution in [0.1, 0.15) is 57.9 Å². The number of nitrogens with zero attached hydrogens (tertiary/aromatic N) is 6. The van der Waals surface area contributed by atoms with Gasteiger partial charge in [-0.25, -0.2) is 14.3 Å². The highest BCUT2D eigenvalue weighted by molar-refractivity contribution is 6.34. The van der Waals surface area contributed by atoms with E-state index in [1.807, 2.05) is 39.5 Å². The number of benzene rings is 1. The first kappa shape index (κ1) is 33.6. The van der Waals surface area contributed by atoms with Crippen molar-refractivity contribution in [2.75, 3.05) is 18.0 Å². The van der Waals surface area contributed by atoms with E-state index in [0.717, 1.165) is 6.07 Å². The maximum Gasteiger partial charge on any atom is 0.417 e. The van der Waals surface area contributed by atoms with Crippen molar-refractivity contribution < 1.29 is 18.0 Å². The van der Waals surface area contributed by atoms with Crippen LogP contribution in [0, 0.1) is 6.92 Å². The summed E-state index contributed by atoms with van der Waals surface area (Å²) in [5.74, 6) is -0.0206. The first-order chi connectivity index (χ1) is 20.7. The fourth-order valence-corrected chi connectivity index (χ4v) is 6.04. The number of halogens is 4. The van der Waals surface area contributed by atoms with Gasteiger partial charge in [0.1, 0.15) is 5.82 Å². The van der Waals surface area contributed by atoms with Gasteiger partial charge in [0.25, 0.3) is 0 Å². The Bertz CT molecular complexity index is 1840. The van der Waals surface area contributed by atoms with Crippen molar-refractivity contribution in [2.24, 2.45) is 0 Å². The predicted octanol–water partition coefficient (Wildman–Crippen LogP) is 7.19. The molecule has 1 aliphatic rings. The van der Waals surface area contributed by atoms with Crippen LogP contribution < -0.4 is 10.6 Å². The first-order valence-corrected chi connectivity index (χ1v) is 14.6. The summed E-state index contributed by atoms with van der Waals surface area (Å²) in [5, 5.41) is 0.346. The third-order valence-corrected chi connectivity index (χ3v) is 8.22. The largest absolute Gasteiger partial charge is 0.417 e. The van der Waals surface area contributed by atoms with E-state index in [1.54, 1.807) is 17.2 Å². The first-order valence-electron chi connectivity index (χ1n) is 14.2. The smallest absolute Gasteiger partial charge is 0.349 e. The lowest BCUT2D eigenvalue weighted by Gasteiger charge is -2.44. The summed E-state index contributed by atoms with van der Waals surface area (Å²) in [4.78, 5) is 43.9. The molecule has 1 saturated heterocycles. The van der Waals surface area contributed by atoms with E-state index in [-0.39, 0.29) is 59.1 Å². The molecule has 0 spiro atoms. The summed E-state index contributed by atoms with van der Waals surface area (Å²) >= 11 is 6.73. The topological polar surface area (TPSA) is 84.2 Å². The fourth-order valence-electron chi connectivity index (χ4n) is 5.78. The molecule has 0 saturated carbocycles. The Labute approximate surface area is 265 Å². The van der Waals surface area contributed by atoms with E-state index in [2.05, 4.69) is 16.5 Å². The number of alkyl halides is 3. The van der Waals surface area contributed by atoms with Crippen LogP contribution in [0.2, 0.25) is 5.02 Å². The molecule has 4 heterocycles. The number of carbonyl (C=O) groups is 1. The zero-order chi connectivity index (χ0) is 32.1. The monoisotopic (exact) mass is 640 g/mol. The Morgan fingerprint density at radius 3 is 2.44 bits per heavy atom. The van der Waals surface area contributed by atoms with Gasteiger partial charge >= 0.3 is 11.9 Å². The number of rotatable bonds is 5. The Morgan fingerprint density at radius 2 is 1.80 bits per heavy atom. The minimum atomic E-state index is -4.67. The van der Waals surface area contributed by atoms with Crippen molar-refractivity contribution in [2.45, 2.75) is 66.2 Å². The molecule has 238 valence electrons. The molecule has 0 bridgehead atoms. The molecule has 1 aliphatic heterocycles. The summed E-state index contributed by atoms with van der Waals surface area (Å²) in [6.45, 7) is 13.8. The van der Waals surface area contributed by atoms with Crippen molar-refractivity contribution >= 4 is 34.4 Å². The number of piperazine rings is 1. The summed E-state index contributed by atoms with van der Waals surface area (Å²) in [5.41, 5.74) is -0.0157. The van der Waals surface area contributed by atoms with Crippen LogP contribution in [0.3, 0.4) is 0 Å². The lowest BCUT2D eigenvalue weighted by molar-refractivity contribution is -0.137. The zero-order valence-electron chi connectivity index (χ0n) is 25.0. The van der Waals surface area contributed by atoms with Crippen LogP contribution in [0.15, 0.2) is 60.0 Å². The standard InChI is InChI=1S/C32H32ClF3N6O2.CH4/c1-7-25(43)40-15-20(6)41(16-19(40)5)29-22-14-24(33)27(21-10-8-9-11-23(21)32(34,35)36)38-30(22)42(31(44)39-29)28-18(4)12-13-37-26(28)17(2)3;/h7-14,17,19-20H,1,15-16H2,2-6H3;1H4/t19-,20+;/m1./s1.